The second kappa shape index (κ2) is 9.07. The van der Waals surface area contributed by atoms with E-state index in [4.69, 9.17) is 0 Å². The summed E-state index contributed by atoms with van der Waals surface area (Å²) in [5.74, 6) is -0.225. The normalized spacial score (nSPS) is 15.8. The number of urea groups is 2. The Kier molecular flexibility index (Phi) is 6.82. The number of carbonyl (C=O) groups excluding carboxylic acids is 3. The molecule has 0 aliphatic carbocycles. The predicted octanol–water partition coefficient (Wildman–Crippen LogP) is 1.64. The summed E-state index contributed by atoms with van der Waals surface area (Å²) in [6.07, 6.45) is 0.822. The molecule has 1 aliphatic heterocycles. The fourth-order valence-electron chi connectivity index (χ4n) is 2.54. The molecule has 0 radical (unpaired) electrons. The number of para-hydroxylation sites is 1. The van der Waals surface area contributed by atoms with Crippen LogP contribution < -0.4 is 21.3 Å². The third-order valence-corrected chi connectivity index (χ3v) is 4.31. The lowest BCUT2D eigenvalue weighted by Gasteiger charge is -2.20. The Morgan fingerprint density at radius 2 is 1.96 bits per heavy atom. The SMILES string of the molecule is CC[C@H](C)NC(=O)[C@H](C)NC(=O)Nc1ccccc1CN1CCNC1=O. The van der Waals surface area contributed by atoms with Crippen molar-refractivity contribution in [1.29, 1.82) is 0 Å². The van der Waals surface area contributed by atoms with Crippen LogP contribution in [0.25, 0.3) is 0 Å². The highest BCUT2D eigenvalue weighted by Crippen LogP contribution is 2.18. The third kappa shape index (κ3) is 5.37. The molecular formula is C18H27N5O3. The van der Waals surface area contributed by atoms with E-state index < -0.39 is 12.1 Å². The van der Waals surface area contributed by atoms with E-state index in [2.05, 4.69) is 21.3 Å². The number of benzene rings is 1. The van der Waals surface area contributed by atoms with Crippen LogP contribution in [-0.4, -0.2) is 48.0 Å². The Morgan fingerprint density at radius 1 is 1.23 bits per heavy atom. The fourth-order valence-corrected chi connectivity index (χ4v) is 2.54. The van der Waals surface area contributed by atoms with Crippen molar-refractivity contribution in [3.05, 3.63) is 29.8 Å². The molecule has 8 heteroatoms. The van der Waals surface area contributed by atoms with E-state index in [1.165, 1.54) is 0 Å². The summed E-state index contributed by atoms with van der Waals surface area (Å²) < 4.78 is 0. The van der Waals surface area contributed by atoms with Gasteiger partial charge in [-0.15, -0.1) is 0 Å². The van der Waals surface area contributed by atoms with E-state index in [1.54, 1.807) is 17.9 Å². The van der Waals surface area contributed by atoms with Gasteiger partial charge in [0, 0.05) is 31.4 Å². The van der Waals surface area contributed by atoms with Crippen LogP contribution in [0, 0.1) is 0 Å². The van der Waals surface area contributed by atoms with Crippen LogP contribution in [0.3, 0.4) is 0 Å². The van der Waals surface area contributed by atoms with E-state index in [1.807, 2.05) is 32.0 Å². The van der Waals surface area contributed by atoms with Gasteiger partial charge in [-0.3, -0.25) is 4.79 Å². The number of anilines is 1. The molecule has 26 heavy (non-hydrogen) atoms. The van der Waals surface area contributed by atoms with Crippen LogP contribution in [0.1, 0.15) is 32.8 Å². The number of nitrogens with one attached hydrogen (secondary N) is 4. The van der Waals surface area contributed by atoms with Crippen LogP contribution in [0.5, 0.6) is 0 Å². The van der Waals surface area contributed by atoms with Gasteiger partial charge in [-0.1, -0.05) is 25.1 Å². The van der Waals surface area contributed by atoms with E-state index in [-0.39, 0.29) is 18.0 Å². The molecule has 1 fully saturated rings. The summed E-state index contributed by atoms with van der Waals surface area (Å²) >= 11 is 0. The largest absolute Gasteiger partial charge is 0.352 e. The maximum absolute atomic E-state index is 12.2. The molecule has 4 N–H and O–H groups in total. The summed E-state index contributed by atoms with van der Waals surface area (Å²) in [4.78, 5) is 37.7. The highest BCUT2D eigenvalue weighted by molar-refractivity contribution is 5.94. The molecule has 1 heterocycles. The van der Waals surface area contributed by atoms with E-state index >= 15 is 0 Å². The Balaban J connectivity index is 1.94. The summed E-state index contributed by atoms with van der Waals surface area (Å²) in [7, 11) is 0. The average molecular weight is 361 g/mol. The van der Waals surface area contributed by atoms with E-state index in [0.29, 0.717) is 25.3 Å². The quantitative estimate of drug-likeness (QED) is 0.594. The first kappa shape index (κ1) is 19.6. The number of carbonyl (C=O) groups is 3. The zero-order valence-electron chi connectivity index (χ0n) is 15.5. The zero-order valence-corrected chi connectivity index (χ0v) is 15.5. The molecular weight excluding hydrogens is 334 g/mol. The van der Waals surface area contributed by atoms with Gasteiger partial charge in [0.25, 0.3) is 0 Å². The van der Waals surface area contributed by atoms with Gasteiger partial charge in [0.15, 0.2) is 0 Å². The molecule has 0 unspecified atom stereocenters. The minimum atomic E-state index is -0.652. The number of amides is 5. The minimum Gasteiger partial charge on any atom is -0.352 e. The lowest BCUT2D eigenvalue weighted by molar-refractivity contribution is -0.123. The van der Waals surface area contributed by atoms with Crippen molar-refractivity contribution < 1.29 is 14.4 Å². The molecule has 5 amide bonds. The second-order valence-corrected chi connectivity index (χ2v) is 6.45. The number of hydrogen-bond donors (Lipinski definition) is 4. The molecule has 0 bridgehead atoms. The van der Waals surface area contributed by atoms with Crippen LogP contribution in [-0.2, 0) is 11.3 Å². The molecule has 1 aliphatic rings. The highest BCUT2D eigenvalue weighted by Gasteiger charge is 2.21. The first-order valence-corrected chi connectivity index (χ1v) is 8.89. The van der Waals surface area contributed by atoms with Gasteiger partial charge >= 0.3 is 12.1 Å². The molecule has 2 atom stereocenters. The molecule has 1 saturated heterocycles. The molecule has 0 saturated carbocycles. The standard InChI is InChI=1S/C18H27N5O3/c1-4-12(2)20-16(24)13(3)21-17(25)22-15-8-6-5-7-14(15)11-23-10-9-19-18(23)26/h5-8,12-13H,4,9-11H2,1-3H3,(H,19,26)(H,20,24)(H2,21,22,25)/t12-,13-/m0/s1. The molecule has 1 aromatic carbocycles. The highest BCUT2D eigenvalue weighted by atomic mass is 16.2. The molecule has 0 aromatic heterocycles. The van der Waals surface area contributed by atoms with Gasteiger partial charge < -0.3 is 26.2 Å². The third-order valence-electron chi connectivity index (χ3n) is 4.31. The Morgan fingerprint density at radius 3 is 2.62 bits per heavy atom. The lowest BCUT2D eigenvalue weighted by atomic mass is 10.1. The van der Waals surface area contributed by atoms with Gasteiger partial charge in [0.1, 0.15) is 6.04 Å². The summed E-state index contributed by atoms with van der Waals surface area (Å²) in [6.45, 7) is 7.19. The minimum absolute atomic E-state index is 0.0575. The molecule has 1 aromatic rings. The number of rotatable bonds is 7. The summed E-state index contributed by atoms with van der Waals surface area (Å²) in [5, 5.41) is 11.0. The first-order valence-electron chi connectivity index (χ1n) is 8.89. The Hall–Kier alpha value is -2.77. The Bertz CT molecular complexity index is 664. The molecule has 2 rings (SSSR count). The van der Waals surface area contributed by atoms with Crippen LogP contribution in [0.15, 0.2) is 24.3 Å². The van der Waals surface area contributed by atoms with Crippen molar-refractivity contribution in [3.63, 3.8) is 0 Å². The summed E-state index contributed by atoms with van der Waals surface area (Å²) in [5.41, 5.74) is 1.44. The van der Waals surface area contributed by atoms with Crippen molar-refractivity contribution in [2.45, 2.75) is 45.8 Å². The fraction of sp³-hybridized carbons (Fsp3) is 0.500. The van der Waals surface area contributed by atoms with Gasteiger partial charge in [0.05, 0.1) is 0 Å². The van der Waals surface area contributed by atoms with Gasteiger partial charge in [0.2, 0.25) is 5.91 Å². The van der Waals surface area contributed by atoms with Crippen LogP contribution >= 0.6 is 0 Å². The lowest BCUT2D eigenvalue weighted by Crippen LogP contribution is -2.48. The van der Waals surface area contributed by atoms with Crippen LogP contribution in [0.4, 0.5) is 15.3 Å². The van der Waals surface area contributed by atoms with Crippen molar-refractivity contribution in [3.8, 4) is 0 Å². The number of hydrogen-bond acceptors (Lipinski definition) is 3. The molecule has 142 valence electrons. The second-order valence-electron chi connectivity index (χ2n) is 6.45. The number of nitrogens with zero attached hydrogens (tertiary/aromatic N) is 1. The van der Waals surface area contributed by atoms with Gasteiger partial charge in [-0.25, -0.2) is 9.59 Å². The molecule has 8 nitrogen and oxygen atoms in total. The first-order chi connectivity index (χ1) is 12.4. The zero-order chi connectivity index (χ0) is 19.1. The van der Waals surface area contributed by atoms with Crippen molar-refractivity contribution in [2.75, 3.05) is 18.4 Å². The van der Waals surface area contributed by atoms with E-state index in [0.717, 1.165) is 12.0 Å². The van der Waals surface area contributed by atoms with Gasteiger partial charge in [-0.2, -0.15) is 0 Å². The average Bonchev–Trinajstić information content (AvgIpc) is 3.01. The summed E-state index contributed by atoms with van der Waals surface area (Å²) in [6, 6.07) is 6.13. The van der Waals surface area contributed by atoms with Gasteiger partial charge in [-0.05, 0) is 31.9 Å². The van der Waals surface area contributed by atoms with Crippen molar-refractivity contribution in [1.82, 2.24) is 20.9 Å². The topological polar surface area (TPSA) is 103 Å². The maximum atomic E-state index is 12.2. The predicted molar refractivity (Wildman–Crippen MR) is 99.8 cm³/mol. The smallest absolute Gasteiger partial charge is 0.319 e. The molecule has 0 spiro atoms. The van der Waals surface area contributed by atoms with E-state index in [9.17, 15) is 14.4 Å². The van der Waals surface area contributed by atoms with Crippen LogP contribution in [0.2, 0.25) is 0 Å². The van der Waals surface area contributed by atoms with Crippen molar-refractivity contribution >= 4 is 23.7 Å². The monoisotopic (exact) mass is 361 g/mol. The van der Waals surface area contributed by atoms with Crippen molar-refractivity contribution in [2.24, 2.45) is 0 Å². The Labute approximate surface area is 153 Å². The maximum Gasteiger partial charge on any atom is 0.319 e.